The van der Waals surface area contributed by atoms with Gasteiger partial charge in [0.05, 0.1) is 25.9 Å². The fourth-order valence-corrected chi connectivity index (χ4v) is 6.24. The number of amides is 1. The smallest absolute Gasteiger partial charge is 0.328 e. The summed E-state index contributed by atoms with van der Waals surface area (Å²) < 4.78 is 11.3. The van der Waals surface area contributed by atoms with E-state index in [0.717, 1.165) is 38.9 Å². The summed E-state index contributed by atoms with van der Waals surface area (Å²) in [5.74, 6) is -0.864. The summed E-state index contributed by atoms with van der Waals surface area (Å²) in [6.07, 6.45) is 0.298. The normalized spacial score (nSPS) is 14.1. The summed E-state index contributed by atoms with van der Waals surface area (Å²) in [7, 11) is 1.34. The molecule has 0 bridgehead atoms. The topological polar surface area (TPSA) is 76.7 Å². The first-order valence-corrected chi connectivity index (χ1v) is 15.2. The summed E-state index contributed by atoms with van der Waals surface area (Å²) in [6, 6.07) is 44.5. The van der Waals surface area contributed by atoms with Gasteiger partial charge in [0.15, 0.2) is 0 Å². The highest BCUT2D eigenvalue weighted by Crippen LogP contribution is 2.51. The molecule has 5 aromatic rings. The van der Waals surface area contributed by atoms with Gasteiger partial charge in [0.25, 0.3) is 0 Å². The van der Waals surface area contributed by atoms with E-state index in [0.29, 0.717) is 13.0 Å². The van der Waals surface area contributed by atoms with Crippen molar-refractivity contribution < 1.29 is 19.1 Å². The van der Waals surface area contributed by atoms with E-state index in [2.05, 4.69) is 47.0 Å². The Morgan fingerprint density at radius 3 is 1.73 bits per heavy atom. The Balaban J connectivity index is 1.39. The molecule has 1 aliphatic rings. The quantitative estimate of drug-likeness (QED) is 0.172. The van der Waals surface area contributed by atoms with Crippen LogP contribution in [0, 0.1) is 0 Å². The Morgan fingerprint density at radius 1 is 0.644 bits per heavy atom. The van der Waals surface area contributed by atoms with Crippen LogP contribution in [0.5, 0.6) is 0 Å². The minimum absolute atomic E-state index is 0.0683. The molecule has 0 unspecified atom stereocenters. The number of rotatable bonds is 12. The van der Waals surface area contributed by atoms with Crippen LogP contribution in [0.1, 0.15) is 27.8 Å². The molecule has 6 heteroatoms. The Hall–Kier alpha value is -5.04. The number of hydrogen-bond acceptors (Lipinski definition) is 5. The van der Waals surface area contributed by atoms with Crippen LogP contribution >= 0.6 is 0 Å². The Labute approximate surface area is 264 Å². The van der Waals surface area contributed by atoms with Crippen LogP contribution in [0.25, 0.3) is 11.1 Å². The number of carbonyl (C=O) groups excluding carboxylic acids is 2. The summed E-state index contributed by atoms with van der Waals surface area (Å²) in [5, 5.41) is 6.78. The van der Waals surface area contributed by atoms with Crippen LogP contribution in [0.15, 0.2) is 140 Å². The van der Waals surface area contributed by atoms with E-state index in [1.165, 1.54) is 7.11 Å². The van der Waals surface area contributed by atoms with Gasteiger partial charge in [0, 0.05) is 6.42 Å². The maximum atomic E-state index is 14.3. The molecule has 0 fully saturated rings. The standard InChI is InChI=1S/C39H36N2O4/c1-44-38(43)35(25-28-15-5-2-6-16-28)40-37(42)36(27-45-26-29-17-7-3-8-18-29)41-39(30-19-9-4-10-20-30)33-23-13-11-21-31(33)32-22-12-14-24-34(32)39/h2-24,35-36,41H,25-27H2,1H3,(H,40,42)/t35-,36+/m0/s1. The largest absolute Gasteiger partial charge is 0.467 e. The maximum Gasteiger partial charge on any atom is 0.328 e. The zero-order valence-corrected chi connectivity index (χ0v) is 25.2. The number of ether oxygens (including phenoxy) is 2. The third kappa shape index (κ3) is 6.29. The van der Waals surface area contributed by atoms with Gasteiger partial charge in [-0.25, -0.2) is 4.79 Å². The van der Waals surface area contributed by atoms with E-state index < -0.39 is 23.6 Å². The zero-order valence-electron chi connectivity index (χ0n) is 25.2. The highest BCUT2D eigenvalue weighted by atomic mass is 16.5. The van der Waals surface area contributed by atoms with Gasteiger partial charge in [-0.2, -0.15) is 0 Å². The Bertz CT molecular complexity index is 1700. The second-order valence-corrected chi connectivity index (χ2v) is 11.2. The Kier molecular flexibility index (Phi) is 9.15. The average Bonchev–Trinajstić information content (AvgIpc) is 3.38. The van der Waals surface area contributed by atoms with Crippen LogP contribution in [-0.2, 0) is 37.6 Å². The van der Waals surface area contributed by atoms with Crippen molar-refractivity contribution in [2.45, 2.75) is 30.7 Å². The van der Waals surface area contributed by atoms with Crippen molar-refractivity contribution in [2.24, 2.45) is 0 Å². The first-order chi connectivity index (χ1) is 22.1. The van der Waals surface area contributed by atoms with Gasteiger partial charge in [-0.05, 0) is 38.9 Å². The van der Waals surface area contributed by atoms with Crippen molar-refractivity contribution in [2.75, 3.05) is 13.7 Å². The number of hydrogen-bond donors (Lipinski definition) is 2. The van der Waals surface area contributed by atoms with Gasteiger partial charge >= 0.3 is 5.97 Å². The second kappa shape index (κ2) is 13.7. The minimum Gasteiger partial charge on any atom is -0.467 e. The van der Waals surface area contributed by atoms with Crippen molar-refractivity contribution in [3.05, 3.63) is 167 Å². The van der Waals surface area contributed by atoms with Gasteiger partial charge in [0.1, 0.15) is 12.1 Å². The summed E-state index contributed by atoms with van der Waals surface area (Å²) in [5.41, 5.74) is 6.36. The molecule has 0 radical (unpaired) electrons. The molecule has 2 N–H and O–H groups in total. The molecule has 0 heterocycles. The van der Waals surface area contributed by atoms with E-state index in [4.69, 9.17) is 9.47 Å². The summed E-state index contributed by atoms with van der Waals surface area (Å²) >= 11 is 0. The average molecular weight is 597 g/mol. The lowest BCUT2D eigenvalue weighted by atomic mass is 9.80. The molecule has 0 saturated carbocycles. The molecule has 0 saturated heterocycles. The van der Waals surface area contributed by atoms with Crippen LogP contribution in [0.2, 0.25) is 0 Å². The molecule has 6 nitrogen and oxygen atoms in total. The van der Waals surface area contributed by atoms with E-state index in [9.17, 15) is 9.59 Å². The van der Waals surface area contributed by atoms with Gasteiger partial charge < -0.3 is 14.8 Å². The molecular weight excluding hydrogens is 560 g/mol. The first-order valence-electron chi connectivity index (χ1n) is 15.2. The second-order valence-electron chi connectivity index (χ2n) is 11.2. The van der Waals surface area contributed by atoms with Crippen molar-refractivity contribution in [3.8, 4) is 11.1 Å². The third-order valence-corrected chi connectivity index (χ3v) is 8.35. The van der Waals surface area contributed by atoms with Gasteiger partial charge in [0.2, 0.25) is 5.91 Å². The first kappa shape index (κ1) is 30.0. The molecule has 0 spiro atoms. The van der Waals surface area contributed by atoms with Crippen molar-refractivity contribution in [3.63, 3.8) is 0 Å². The van der Waals surface area contributed by atoms with E-state index >= 15 is 0 Å². The summed E-state index contributed by atoms with van der Waals surface area (Å²) in [6.45, 7) is 0.404. The third-order valence-electron chi connectivity index (χ3n) is 8.35. The number of fused-ring (bicyclic) bond motifs is 3. The highest BCUT2D eigenvalue weighted by Gasteiger charge is 2.46. The molecule has 6 rings (SSSR count). The van der Waals surface area contributed by atoms with Crippen molar-refractivity contribution in [1.29, 1.82) is 0 Å². The SMILES string of the molecule is COC(=O)[C@H](Cc1ccccc1)NC(=O)[C@@H](COCc1ccccc1)NC1(c2ccccc2)c2ccccc2-c2ccccc21. The summed E-state index contributed by atoms with van der Waals surface area (Å²) in [4.78, 5) is 27.3. The van der Waals surface area contributed by atoms with Crippen molar-refractivity contribution in [1.82, 2.24) is 10.6 Å². The molecule has 0 aromatic heterocycles. The van der Waals surface area contributed by atoms with Crippen molar-refractivity contribution >= 4 is 11.9 Å². The lowest BCUT2D eigenvalue weighted by Gasteiger charge is -2.37. The lowest BCUT2D eigenvalue weighted by Crippen LogP contribution is -2.58. The maximum absolute atomic E-state index is 14.3. The zero-order chi connectivity index (χ0) is 31.1. The fourth-order valence-electron chi connectivity index (χ4n) is 6.24. The van der Waals surface area contributed by atoms with E-state index in [1.807, 2.05) is 103 Å². The molecule has 226 valence electrons. The van der Waals surface area contributed by atoms with E-state index in [1.54, 1.807) is 0 Å². The minimum atomic E-state index is -0.876. The number of carbonyl (C=O) groups is 2. The van der Waals surface area contributed by atoms with Crippen LogP contribution in [-0.4, -0.2) is 37.7 Å². The van der Waals surface area contributed by atoms with Gasteiger partial charge in [-0.3, -0.25) is 10.1 Å². The fraction of sp³-hybridized carbons (Fsp3) is 0.179. The molecule has 5 aromatic carbocycles. The predicted octanol–water partition coefficient (Wildman–Crippen LogP) is 6.03. The van der Waals surface area contributed by atoms with Gasteiger partial charge in [-0.15, -0.1) is 0 Å². The Morgan fingerprint density at radius 2 is 1.16 bits per heavy atom. The van der Waals surface area contributed by atoms with E-state index in [-0.39, 0.29) is 12.5 Å². The lowest BCUT2D eigenvalue weighted by molar-refractivity contribution is -0.145. The molecule has 1 aliphatic carbocycles. The van der Waals surface area contributed by atoms with Crippen LogP contribution in [0.3, 0.4) is 0 Å². The number of benzene rings is 5. The monoisotopic (exact) mass is 596 g/mol. The molecule has 1 amide bonds. The number of methoxy groups -OCH3 is 1. The number of nitrogens with one attached hydrogen (secondary N) is 2. The van der Waals surface area contributed by atoms with Crippen LogP contribution < -0.4 is 10.6 Å². The molecule has 0 aliphatic heterocycles. The van der Waals surface area contributed by atoms with Crippen LogP contribution in [0.4, 0.5) is 0 Å². The molecule has 2 atom stereocenters. The molecule has 45 heavy (non-hydrogen) atoms. The highest BCUT2D eigenvalue weighted by molar-refractivity contribution is 5.89. The van der Waals surface area contributed by atoms with Gasteiger partial charge in [-0.1, -0.05) is 140 Å². The molecular formula is C39H36N2O4. The predicted molar refractivity (Wildman–Crippen MR) is 175 cm³/mol. The number of esters is 1.